The van der Waals surface area contributed by atoms with Gasteiger partial charge in [-0.3, -0.25) is 19.2 Å². The van der Waals surface area contributed by atoms with E-state index >= 15 is 0 Å². The maximum Gasteiger partial charge on any atom is 0.257 e. The molecule has 3 aromatic rings. The van der Waals surface area contributed by atoms with Gasteiger partial charge >= 0.3 is 0 Å². The lowest BCUT2D eigenvalue weighted by Gasteiger charge is -2.11. The number of para-hydroxylation sites is 1. The van der Waals surface area contributed by atoms with Gasteiger partial charge in [0.1, 0.15) is 5.56 Å². The van der Waals surface area contributed by atoms with Crippen LogP contribution in [0.3, 0.4) is 0 Å². The second-order valence-electron chi connectivity index (χ2n) is 6.70. The SMILES string of the molecule is CCNC(=O)c1ccc(C)c(NC(=O)CNC(=O)c2c[nH]c3ccccc3c2=O)c1. The number of hydrogen-bond acceptors (Lipinski definition) is 4. The summed E-state index contributed by atoms with van der Waals surface area (Å²) in [5, 5.41) is 8.22. The van der Waals surface area contributed by atoms with Gasteiger partial charge in [0.15, 0.2) is 0 Å². The summed E-state index contributed by atoms with van der Waals surface area (Å²) in [6.07, 6.45) is 1.33. The molecule has 8 heteroatoms. The Hall–Kier alpha value is -3.94. The van der Waals surface area contributed by atoms with Gasteiger partial charge in [0.05, 0.1) is 6.54 Å². The normalized spacial score (nSPS) is 10.5. The molecule has 2 aromatic carbocycles. The lowest BCUT2D eigenvalue weighted by Crippen LogP contribution is -2.35. The second kappa shape index (κ2) is 9.04. The fourth-order valence-corrected chi connectivity index (χ4v) is 2.95. The first-order chi connectivity index (χ1) is 14.4. The van der Waals surface area contributed by atoms with E-state index in [0.29, 0.717) is 28.7 Å². The summed E-state index contributed by atoms with van der Waals surface area (Å²) < 4.78 is 0. The maximum absolute atomic E-state index is 12.5. The predicted molar refractivity (Wildman–Crippen MR) is 115 cm³/mol. The van der Waals surface area contributed by atoms with E-state index < -0.39 is 17.2 Å². The fraction of sp³-hybridized carbons (Fsp3) is 0.182. The molecule has 0 aliphatic carbocycles. The Morgan fingerprint density at radius 3 is 2.53 bits per heavy atom. The molecule has 0 bridgehead atoms. The number of anilines is 1. The largest absolute Gasteiger partial charge is 0.360 e. The van der Waals surface area contributed by atoms with Gasteiger partial charge in [-0.2, -0.15) is 0 Å². The lowest BCUT2D eigenvalue weighted by molar-refractivity contribution is -0.115. The molecule has 0 aliphatic rings. The average molecular weight is 406 g/mol. The van der Waals surface area contributed by atoms with Crippen LogP contribution < -0.4 is 21.4 Å². The number of aromatic nitrogens is 1. The van der Waals surface area contributed by atoms with Crippen molar-refractivity contribution in [3.63, 3.8) is 0 Å². The van der Waals surface area contributed by atoms with E-state index in [1.165, 1.54) is 6.20 Å². The molecule has 0 saturated heterocycles. The highest BCUT2D eigenvalue weighted by Gasteiger charge is 2.15. The molecule has 0 aliphatic heterocycles. The maximum atomic E-state index is 12.5. The van der Waals surface area contributed by atoms with Crippen molar-refractivity contribution in [1.82, 2.24) is 15.6 Å². The molecule has 0 atom stereocenters. The smallest absolute Gasteiger partial charge is 0.257 e. The van der Waals surface area contributed by atoms with E-state index in [-0.39, 0.29) is 18.0 Å². The highest BCUT2D eigenvalue weighted by Crippen LogP contribution is 2.17. The van der Waals surface area contributed by atoms with Crippen LogP contribution in [0.15, 0.2) is 53.5 Å². The van der Waals surface area contributed by atoms with E-state index in [4.69, 9.17) is 0 Å². The average Bonchev–Trinajstić information content (AvgIpc) is 2.74. The second-order valence-corrected chi connectivity index (χ2v) is 6.70. The molecule has 0 unspecified atom stereocenters. The lowest BCUT2D eigenvalue weighted by atomic mass is 10.1. The van der Waals surface area contributed by atoms with Crippen LogP contribution in [0.1, 0.15) is 33.2 Å². The highest BCUT2D eigenvalue weighted by molar-refractivity contribution is 6.02. The summed E-state index contributed by atoms with van der Waals surface area (Å²) in [5.41, 5.74) is 1.81. The van der Waals surface area contributed by atoms with Crippen molar-refractivity contribution in [3.05, 3.63) is 75.6 Å². The molecule has 0 saturated carbocycles. The number of pyridine rings is 1. The van der Waals surface area contributed by atoms with E-state index in [9.17, 15) is 19.2 Å². The van der Waals surface area contributed by atoms with Gasteiger partial charge in [-0.1, -0.05) is 18.2 Å². The van der Waals surface area contributed by atoms with Crippen molar-refractivity contribution < 1.29 is 14.4 Å². The first-order valence-corrected chi connectivity index (χ1v) is 9.48. The number of aromatic amines is 1. The van der Waals surface area contributed by atoms with Crippen LogP contribution in [0, 0.1) is 6.92 Å². The van der Waals surface area contributed by atoms with E-state index in [1.807, 2.05) is 6.92 Å². The summed E-state index contributed by atoms with van der Waals surface area (Å²) in [4.78, 5) is 52.0. The third-order valence-corrected chi connectivity index (χ3v) is 4.55. The van der Waals surface area contributed by atoms with Crippen LogP contribution in [0.5, 0.6) is 0 Å². The van der Waals surface area contributed by atoms with Crippen molar-refractivity contribution in [2.45, 2.75) is 13.8 Å². The van der Waals surface area contributed by atoms with E-state index in [0.717, 1.165) is 5.56 Å². The van der Waals surface area contributed by atoms with Gasteiger partial charge in [0.2, 0.25) is 11.3 Å². The van der Waals surface area contributed by atoms with Gasteiger partial charge in [0, 0.05) is 34.9 Å². The van der Waals surface area contributed by atoms with Crippen molar-refractivity contribution in [2.24, 2.45) is 0 Å². The summed E-state index contributed by atoms with van der Waals surface area (Å²) in [6.45, 7) is 3.78. The monoisotopic (exact) mass is 406 g/mol. The molecule has 0 radical (unpaired) electrons. The Morgan fingerprint density at radius 2 is 1.77 bits per heavy atom. The quantitative estimate of drug-likeness (QED) is 0.500. The summed E-state index contributed by atoms with van der Waals surface area (Å²) in [7, 11) is 0. The molecule has 0 spiro atoms. The Morgan fingerprint density at radius 1 is 1.00 bits per heavy atom. The first-order valence-electron chi connectivity index (χ1n) is 9.48. The third kappa shape index (κ3) is 4.54. The number of amides is 3. The number of carbonyl (C=O) groups is 3. The molecule has 154 valence electrons. The number of fused-ring (bicyclic) bond motifs is 1. The number of benzene rings is 2. The molecule has 4 N–H and O–H groups in total. The molecule has 1 aromatic heterocycles. The number of H-pyrrole nitrogens is 1. The van der Waals surface area contributed by atoms with Gasteiger partial charge in [-0.15, -0.1) is 0 Å². The zero-order chi connectivity index (χ0) is 21.7. The molecule has 30 heavy (non-hydrogen) atoms. The van der Waals surface area contributed by atoms with Crippen molar-refractivity contribution >= 4 is 34.3 Å². The summed E-state index contributed by atoms with van der Waals surface area (Å²) >= 11 is 0. The molecule has 3 rings (SSSR count). The van der Waals surface area contributed by atoms with Crippen molar-refractivity contribution in [1.29, 1.82) is 0 Å². The van der Waals surface area contributed by atoms with Gasteiger partial charge in [-0.25, -0.2) is 0 Å². The van der Waals surface area contributed by atoms with Gasteiger partial charge in [-0.05, 0) is 43.7 Å². The standard InChI is InChI=1S/C22H22N4O4/c1-3-23-21(29)14-9-8-13(2)18(10-14)26-19(27)12-25-22(30)16-11-24-17-7-5-4-6-15(17)20(16)28/h4-11H,3,12H2,1-2H3,(H,23,29)(H,24,28)(H,25,30)(H,26,27). The molecule has 1 heterocycles. The Labute approximate surface area is 172 Å². The zero-order valence-electron chi connectivity index (χ0n) is 16.7. The molecular formula is C22H22N4O4. The van der Waals surface area contributed by atoms with Crippen LogP contribution in [0.2, 0.25) is 0 Å². The minimum absolute atomic E-state index is 0.0732. The Bertz CT molecular complexity index is 1180. The molecule has 8 nitrogen and oxygen atoms in total. The van der Waals surface area contributed by atoms with Crippen molar-refractivity contribution in [3.8, 4) is 0 Å². The summed E-state index contributed by atoms with van der Waals surface area (Å²) in [6, 6.07) is 11.8. The van der Waals surface area contributed by atoms with Crippen LogP contribution >= 0.6 is 0 Å². The highest BCUT2D eigenvalue weighted by atomic mass is 16.2. The number of rotatable bonds is 6. The topological polar surface area (TPSA) is 120 Å². The number of hydrogen-bond donors (Lipinski definition) is 4. The molecular weight excluding hydrogens is 384 g/mol. The minimum atomic E-state index is -0.648. The van der Waals surface area contributed by atoms with E-state index in [2.05, 4.69) is 20.9 Å². The van der Waals surface area contributed by atoms with E-state index in [1.54, 1.807) is 49.4 Å². The van der Waals surface area contributed by atoms with Crippen LogP contribution in [0.4, 0.5) is 5.69 Å². The van der Waals surface area contributed by atoms with Crippen molar-refractivity contribution in [2.75, 3.05) is 18.4 Å². The predicted octanol–water partition coefficient (Wildman–Crippen LogP) is 1.95. The van der Waals surface area contributed by atoms with Gasteiger partial charge in [0.25, 0.3) is 11.8 Å². The minimum Gasteiger partial charge on any atom is -0.360 e. The third-order valence-electron chi connectivity index (χ3n) is 4.55. The summed E-state index contributed by atoms with van der Waals surface area (Å²) in [5.74, 6) is -1.36. The first kappa shape index (κ1) is 20.8. The number of carbonyl (C=O) groups excluding carboxylic acids is 3. The Kier molecular flexibility index (Phi) is 6.26. The Balaban J connectivity index is 1.67. The van der Waals surface area contributed by atoms with Gasteiger partial charge < -0.3 is 20.9 Å². The number of aryl methyl sites for hydroxylation is 1. The van der Waals surface area contributed by atoms with Crippen LogP contribution in [0.25, 0.3) is 10.9 Å². The molecule has 3 amide bonds. The fourth-order valence-electron chi connectivity index (χ4n) is 2.95. The number of nitrogens with one attached hydrogen (secondary N) is 4. The van der Waals surface area contributed by atoms with Crippen LogP contribution in [-0.4, -0.2) is 35.8 Å². The zero-order valence-corrected chi connectivity index (χ0v) is 16.7. The van der Waals surface area contributed by atoms with Crippen LogP contribution in [-0.2, 0) is 4.79 Å². The molecule has 0 fully saturated rings.